The van der Waals surface area contributed by atoms with Crippen LogP contribution in [0.1, 0.15) is 25.0 Å². The molecule has 86 valence electrons. The van der Waals surface area contributed by atoms with Crippen molar-refractivity contribution in [2.45, 2.75) is 26.4 Å². The highest BCUT2D eigenvalue weighted by Gasteiger charge is 2.31. The molecule has 1 heteroatoms. The van der Waals surface area contributed by atoms with Gasteiger partial charge in [-0.1, -0.05) is 35.9 Å². The third kappa shape index (κ3) is 1.54. The van der Waals surface area contributed by atoms with E-state index in [1.54, 1.807) is 0 Å². The third-order valence-corrected chi connectivity index (χ3v) is 3.37. The fourth-order valence-electron chi connectivity index (χ4n) is 2.52. The Morgan fingerprint density at radius 1 is 0.941 bits per heavy atom. The summed E-state index contributed by atoms with van der Waals surface area (Å²) < 4.78 is 6.10. The van der Waals surface area contributed by atoms with Gasteiger partial charge in [0.2, 0.25) is 0 Å². The fraction of sp³-hybridized carbons (Fsp3) is 0.250. The molecule has 1 nitrogen and oxygen atoms in total. The first-order valence-electron chi connectivity index (χ1n) is 5.97. The van der Waals surface area contributed by atoms with Gasteiger partial charge in [0, 0.05) is 11.1 Å². The Bertz CT molecular complexity index is 582. The number of aryl methyl sites for hydroxylation is 1. The first-order chi connectivity index (χ1) is 8.08. The van der Waals surface area contributed by atoms with E-state index in [2.05, 4.69) is 63.2 Å². The molecule has 0 saturated carbocycles. The van der Waals surface area contributed by atoms with Crippen LogP contribution in [-0.4, -0.2) is 0 Å². The van der Waals surface area contributed by atoms with Gasteiger partial charge in [0.05, 0.1) is 0 Å². The summed E-state index contributed by atoms with van der Waals surface area (Å²) in [6.07, 6.45) is 0. The Morgan fingerprint density at radius 3 is 2.53 bits per heavy atom. The molecule has 1 aliphatic rings. The standard InChI is InChI=1S/C16H16O/c1-11-8-9-15-13(10-11)12-6-4-5-7-14(12)16(2,3)17-15/h4-10H,1-3H3. The van der Waals surface area contributed by atoms with Crippen molar-refractivity contribution >= 4 is 0 Å². The van der Waals surface area contributed by atoms with Crippen molar-refractivity contribution in [1.29, 1.82) is 0 Å². The minimum atomic E-state index is -0.251. The van der Waals surface area contributed by atoms with Gasteiger partial charge in [0.25, 0.3) is 0 Å². The van der Waals surface area contributed by atoms with Gasteiger partial charge in [-0.2, -0.15) is 0 Å². The second-order valence-corrected chi connectivity index (χ2v) is 5.16. The Hall–Kier alpha value is -1.76. The van der Waals surface area contributed by atoms with Gasteiger partial charge in [0.1, 0.15) is 11.4 Å². The quantitative estimate of drug-likeness (QED) is 0.648. The van der Waals surface area contributed by atoms with Crippen molar-refractivity contribution in [2.24, 2.45) is 0 Å². The van der Waals surface area contributed by atoms with Gasteiger partial charge in [-0.15, -0.1) is 0 Å². The van der Waals surface area contributed by atoms with Crippen LogP contribution in [0.3, 0.4) is 0 Å². The smallest absolute Gasteiger partial charge is 0.129 e. The second kappa shape index (κ2) is 3.36. The van der Waals surface area contributed by atoms with E-state index < -0.39 is 0 Å². The number of rotatable bonds is 0. The summed E-state index contributed by atoms with van der Waals surface area (Å²) in [6.45, 7) is 6.35. The normalized spacial score (nSPS) is 15.7. The van der Waals surface area contributed by atoms with Crippen molar-refractivity contribution in [3.8, 4) is 16.9 Å². The maximum atomic E-state index is 6.10. The highest BCUT2D eigenvalue weighted by Crippen LogP contribution is 2.44. The van der Waals surface area contributed by atoms with Gasteiger partial charge in [-0.25, -0.2) is 0 Å². The van der Waals surface area contributed by atoms with Crippen molar-refractivity contribution in [3.63, 3.8) is 0 Å². The lowest BCUT2D eigenvalue weighted by Gasteiger charge is -2.35. The molecule has 0 unspecified atom stereocenters. The average molecular weight is 224 g/mol. The monoisotopic (exact) mass is 224 g/mol. The molecule has 0 aliphatic carbocycles. The van der Waals surface area contributed by atoms with E-state index in [0.717, 1.165) is 5.75 Å². The van der Waals surface area contributed by atoms with Gasteiger partial charge >= 0.3 is 0 Å². The highest BCUT2D eigenvalue weighted by atomic mass is 16.5. The fourth-order valence-corrected chi connectivity index (χ4v) is 2.52. The first kappa shape index (κ1) is 10.4. The van der Waals surface area contributed by atoms with Crippen molar-refractivity contribution in [2.75, 3.05) is 0 Å². The Morgan fingerprint density at radius 2 is 1.71 bits per heavy atom. The molecular formula is C16H16O. The Kier molecular flexibility index (Phi) is 2.06. The molecule has 1 heterocycles. The number of ether oxygens (including phenoxy) is 1. The summed E-state index contributed by atoms with van der Waals surface area (Å²) >= 11 is 0. The van der Waals surface area contributed by atoms with Crippen molar-refractivity contribution in [1.82, 2.24) is 0 Å². The average Bonchev–Trinajstić information content (AvgIpc) is 2.30. The summed E-state index contributed by atoms with van der Waals surface area (Å²) in [5, 5.41) is 0. The summed E-state index contributed by atoms with van der Waals surface area (Å²) in [5.74, 6) is 0.985. The maximum Gasteiger partial charge on any atom is 0.129 e. The van der Waals surface area contributed by atoms with Gasteiger partial charge < -0.3 is 4.74 Å². The largest absolute Gasteiger partial charge is 0.482 e. The van der Waals surface area contributed by atoms with E-state index in [1.807, 2.05) is 0 Å². The third-order valence-electron chi connectivity index (χ3n) is 3.37. The molecule has 1 aliphatic heterocycles. The summed E-state index contributed by atoms with van der Waals surface area (Å²) in [7, 11) is 0. The van der Waals surface area contributed by atoms with E-state index in [0.29, 0.717) is 0 Å². The van der Waals surface area contributed by atoms with Crippen LogP contribution >= 0.6 is 0 Å². The first-order valence-corrected chi connectivity index (χ1v) is 5.97. The van der Waals surface area contributed by atoms with Gasteiger partial charge in [0.15, 0.2) is 0 Å². The molecular weight excluding hydrogens is 208 g/mol. The zero-order valence-electron chi connectivity index (χ0n) is 10.4. The molecule has 0 amide bonds. The van der Waals surface area contributed by atoms with Crippen LogP contribution in [0, 0.1) is 6.92 Å². The minimum absolute atomic E-state index is 0.251. The zero-order valence-corrected chi connectivity index (χ0v) is 10.4. The van der Waals surface area contributed by atoms with Crippen LogP contribution in [0.5, 0.6) is 5.75 Å². The number of benzene rings is 2. The van der Waals surface area contributed by atoms with Gasteiger partial charge in [-0.05, 0) is 38.5 Å². The topological polar surface area (TPSA) is 9.23 Å². The van der Waals surface area contributed by atoms with Crippen LogP contribution in [0.25, 0.3) is 11.1 Å². The Balaban J connectivity index is 2.33. The van der Waals surface area contributed by atoms with Crippen LogP contribution in [0.15, 0.2) is 42.5 Å². The molecule has 3 rings (SSSR count). The van der Waals surface area contributed by atoms with E-state index in [9.17, 15) is 0 Å². The molecule has 0 aromatic heterocycles. The summed E-state index contributed by atoms with van der Waals surface area (Å²) in [6, 6.07) is 14.9. The molecule has 2 aromatic rings. The predicted octanol–water partition coefficient (Wildman–Crippen LogP) is 4.29. The summed E-state index contributed by atoms with van der Waals surface area (Å²) in [5.41, 5.74) is 4.78. The van der Waals surface area contributed by atoms with Crippen LogP contribution < -0.4 is 4.74 Å². The Labute approximate surface area is 102 Å². The SMILES string of the molecule is Cc1ccc2c(c1)-c1ccccc1C(C)(C)O2. The molecule has 0 bridgehead atoms. The van der Waals surface area contributed by atoms with E-state index in [4.69, 9.17) is 4.74 Å². The number of fused-ring (bicyclic) bond motifs is 3. The minimum Gasteiger partial charge on any atom is -0.482 e. The highest BCUT2D eigenvalue weighted by molar-refractivity contribution is 5.76. The molecule has 0 fully saturated rings. The molecule has 0 N–H and O–H groups in total. The molecule has 0 atom stereocenters. The lowest BCUT2D eigenvalue weighted by molar-refractivity contribution is 0.106. The van der Waals surface area contributed by atoms with Crippen LogP contribution in [0.2, 0.25) is 0 Å². The van der Waals surface area contributed by atoms with E-state index in [-0.39, 0.29) is 5.60 Å². The molecule has 17 heavy (non-hydrogen) atoms. The second-order valence-electron chi connectivity index (χ2n) is 5.16. The van der Waals surface area contributed by atoms with E-state index in [1.165, 1.54) is 22.3 Å². The molecule has 2 aromatic carbocycles. The molecule has 0 radical (unpaired) electrons. The molecule has 0 saturated heterocycles. The molecule has 0 spiro atoms. The van der Waals surface area contributed by atoms with Crippen molar-refractivity contribution < 1.29 is 4.74 Å². The van der Waals surface area contributed by atoms with E-state index >= 15 is 0 Å². The zero-order chi connectivity index (χ0) is 12.0. The lowest BCUT2D eigenvalue weighted by atomic mass is 9.86. The lowest BCUT2D eigenvalue weighted by Crippen LogP contribution is -2.29. The van der Waals surface area contributed by atoms with Gasteiger partial charge in [-0.3, -0.25) is 0 Å². The predicted molar refractivity (Wildman–Crippen MR) is 70.3 cm³/mol. The van der Waals surface area contributed by atoms with Crippen molar-refractivity contribution in [3.05, 3.63) is 53.6 Å². The maximum absolute atomic E-state index is 6.10. The number of hydrogen-bond acceptors (Lipinski definition) is 1. The van der Waals surface area contributed by atoms with Crippen LogP contribution in [-0.2, 0) is 5.60 Å². The number of hydrogen-bond donors (Lipinski definition) is 0. The summed E-state index contributed by atoms with van der Waals surface area (Å²) in [4.78, 5) is 0. The van der Waals surface area contributed by atoms with Crippen LogP contribution in [0.4, 0.5) is 0 Å².